The molecule has 404 valence electrons. The van der Waals surface area contributed by atoms with E-state index in [2.05, 4.69) is 44.5 Å². The zero-order valence-electron chi connectivity index (χ0n) is 40.0. The van der Waals surface area contributed by atoms with Crippen LogP contribution in [0.25, 0.3) is 11.0 Å². The van der Waals surface area contributed by atoms with Crippen molar-refractivity contribution < 1.29 is 46.3 Å². The number of halogens is 9. The van der Waals surface area contributed by atoms with Gasteiger partial charge in [0.15, 0.2) is 0 Å². The Morgan fingerprint density at radius 2 is 1.35 bits per heavy atom. The van der Waals surface area contributed by atoms with Crippen LogP contribution < -0.4 is 21.6 Å². The number of phosphoric ester groups is 1. The highest BCUT2D eigenvalue weighted by molar-refractivity contribution is 8.68. The van der Waals surface area contributed by atoms with Crippen LogP contribution in [0.2, 0.25) is 5.28 Å². The molecule has 0 bridgehead atoms. The number of aromatic nitrogens is 3. The minimum atomic E-state index is -3.48. The Kier molecular flexibility index (Phi) is 33.2. The quantitative estimate of drug-likeness (QED) is 0.0334. The maximum Gasteiger partial charge on any atom is 0.529 e. The van der Waals surface area contributed by atoms with Gasteiger partial charge in [-0.2, -0.15) is 15.0 Å². The van der Waals surface area contributed by atoms with E-state index in [1.165, 1.54) is 46.7 Å². The van der Waals surface area contributed by atoms with Gasteiger partial charge in [0.1, 0.15) is 27.9 Å². The first kappa shape index (κ1) is 68.4. The minimum absolute atomic E-state index is 0.0641. The highest BCUT2D eigenvalue weighted by Crippen LogP contribution is 2.59. The molecular formula is C42H55Cl9N6O11P2S2. The van der Waals surface area contributed by atoms with Gasteiger partial charge in [-0.25, -0.2) is 9.36 Å². The van der Waals surface area contributed by atoms with Gasteiger partial charge in [-0.05, 0) is 68.8 Å². The van der Waals surface area contributed by atoms with Crippen molar-refractivity contribution in [3.05, 3.63) is 92.2 Å². The summed E-state index contributed by atoms with van der Waals surface area (Å²) in [6.45, 7) is 8.19. The smallest absolute Gasteiger partial charge is 0.507 e. The number of carbonyl (C=O) groups is 2. The number of amides is 1. The molecule has 5 rings (SSSR count). The van der Waals surface area contributed by atoms with Gasteiger partial charge in [0.05, 0.1) is 49.0 Å². The molecule has 1 saturated carbocycles. The number of alkyl halides is 6. The summed E-state index contributed by atoms with van der Waals surface area (Å²) in [5, 5.41) is 17.2. The lowest BCUT2D eigenvalue weighted by Gasteiger charge is -2.37. The number of anilines is 2. The second-order valence-electron chi connectivity index (χ2n) is 14.3. The highest BCUT2D eigenvalue weighted by Gasteiger charge is 2.47. The fourth-order valence-corrected chi connectivity index (χ4v) is 11.4. The summed E-state index contributed by atoms with van der Waals surface area (Å²) in [6.07, 6.45) is 0.998. The fourth-order valence-electron chi connectivity index (χ4n) is 5.43. The number of Topliss-reactive ketones (excluding diaryl/α,β-unsaturated/α-hetero) is 1. The molecule has 72 heavy (non-hydrogen) atoms. The third kappa shape index (κ3) is 23.8. The van der Waals surface area contributed by atoms with Crippen LogP contribution in [0.1, 0.15) is 51.2 Å². The van der Waals surface area contributed by atoms with Crippen LogP contribution in [0.15, 0.2) is 74.6 Å². The summed E-state index contributed by atoms with van der Waals surface area (Å²) in [5.41, 5.74) is -1.62. The van der Waals surface area contributed by atoms with Gasteiger partial charge < -0.3 is 39.0 Å². The van der Waals surface area contributed by atoms with Gasteiger partial charge in [0.25, 0.3) is 0 Å². The van der Waals surface area contributed by atoms with Crippen LogP contribution in [0.3, 0.4) is 0 Å². The van der Waals surface area contributed by atoms with E-state index in [9.17, 15) is 24.1 Å². The first-order chi connectivity index (χ1) is 33.8. The summed E-state index contributed by atoms with van der Waals surface area (Å²) in [4.78, 5) is 46.9. The van der Waals surface area contributed by atoms with Gasteiger partial charge >= 0.3 is 13.4 Å². The van der Waals surface area contributed by atoms with Crippen molar-refractivity contribution in [2.45, 2.75) is 78.3 Å². The van der Waals surface area contributed by atoms with E-state index in [-0.39, 0.29) is 51.0 Å². The van der Waals surface area contributed by atoms with E-state index in [0.29, 0.717) is 22.9 Å². The number of rotatable bonds is 17. The molecule has 30 heteroatoms. The molecule has 1 aliphatic rings. The molecular weight excluding hydrogens is 1210 g/mol. The monoisotopic (exact) mass is 1260 g/mol. The predicted molar refractivity (Wildman–Crippen MR) is 301 cm³/mol. The molecule has 1 unspecified atom stereocenters. The van der Waals surface area contributed by atoms with Crippen LogP contribution in [-0.4, -0.2) is 118 Å². The standard InChI is InChI=1S/C19H16O4.C8H14ClN5.C6H6Cl6.C5H12NO3PS2.C4H7Cl2O4P/c1-12(20)11-15(13-7-3-2-4-8-13)17-18(21)14-9-5-6-10-16(14)23-19(17)22;1-4-10-7-12-6(9)13-8(14-7)11-5(2)3;7-1-2(8)4(10)6(12)5(11)3(1)9;1-6-5(7)4-12-10(11,8-2)9-3;1-8-11(7,9-2)10-3-4(5)6/h2-10,15,21H,11H2,1H3;5H,4H2,1-3H3,(H2,10,11,12,13,14);1-6H;4H2,1-3H3,(H,6,7);3H,1-2H3. The van der Waals surface area contributed by atoms with E-state index < -0.39 is 57.3 Å². The summed E-state index contributed by atoms with van der Waals surface area (Å²) in [5.74, 6) is 0.470. The van der Waals surface area contributed by atoms with Gasteiger partial charge in [-0.1, -0.05) is 77.0 Å². The number of nitrogens with one attached hydrogen (secondary N) is 3. The summed E-state index contributed by atoms with van der Waals surface area (Å²) < 4.78 is 39.4. The molecule has 1 amide bonds. The number of aromatic hydroxyl groups is 1. The minimum Gasteiger partial charge on any atom is -0.507 e. The molecule has 2 aromatic heterocycles. The highest BCUT2D eigenvalue weighted by atomic mass is 35.5. The number of fused-ring (bicyclic) bond motifs is 1. The third-order valence-electron chi connectivity index (χ3n) is 8.85. The molecule has 0 aliphatic heterocycles. The summed E-state index contributed by atoms with van der Waals surface area (Å²) in [6, 6.07) is 16.3. The Bertz CT molecular complexity index is 2420. The summed E-state index contributed by atoms with van der Waals surface area (Å²) in [7, 11) is 3.43. The Morgan fingerprint density at radius 3 is 1.79 bits per heavy atom. The SMILES string of the molecule is CC(=O)CC(c1ccccc1)c1c(O)c2ccccc2oc1=O.CCNc1nc(Cl)nc(NC(C)C)n1.CNC(=O)CSP(=S)(OC)OC.COP(=O)(OC)OC=C(Cl)Cl.ClC1C(Cl)C(Cl)C(Cl)C(Cl)C1Cl. The van der Waals surface area contributed by atoms with E-state index in [1.54, 1.807) is 31.3 Å². The molecule has 2 aromatic carbocycles. The van der Waals surface area contributed by atoms with Gasteiger partial charge in [0.2, 0.25) is 28.8 Å². The average molecular weight is 1270 g/mol. The van der Waals surface area contributed by atoms with Crippen molar-refractivity contribution in [1.29, 1.82) is 0 Å². The van der Waals surface area contributed by atoms with Gasteiger partial charge in [-0.15, -0.1) is 69.6 Å². The Morgan fingerprint density at radius 1 is 0.847 bits per heavy atom. The molecule has 1 atom stereocenters. The Labute approximate surface area is 473 Å². The number of nitrogens with zero attached hydrogens (tertiary/aromatic N) is 3. The van der Waals surface area contributed by atoms with Gasteiger partial charge in [0, 0.05) is 60.4 Å². The molecule has 0 spiro atoms. The number of ketones is 1. The van der Waals surface area contributed by atoms with Crippen LogP contribution in [0.5, 0.6) is 5.75 Å². The number of benzene rings is 2. The first-order valence-electron chi connectivity index (χ1n) is 20.8. The third-order valence-corrected chi connectivity index (χ3v) is 20.2. The van der Waals surface area contributed by atoms with E-state index in [0.717, 1.165) is 18.4 Å². The number of para-hydroxylation sites is 1. The van der Waals surface area contributed by atoms with E-state index >= 15 is 0 Å². The van der Waals surface area contributed by atoms with Crippen molar-refractivity contribution in [2.24, 2.45) is 0 Å². The first-order valence-corrected chi connectivity index (χ1v) is 30.2. The summed E-state index contributed by atoms with van der Waals surface area (Å²) >= 11 is 57.6. The Balaban J connectivity index is 0.000000468. The van der Waals surface area contributed by atoms with Crippen LogP contribution >= 0.6 is 129 Å². The molecule has 1 aliphatic carbocycles. The largest absolute Gasteiger partial charge is 0.529 e. The second kappa shape index (κ2) is 35.0. The molecule has 4 N–H and O–H groups in total. The number of phosphoric acid groups is 1. The topological polar surface area (TPSA) is 223 Å². The molecule has 1 fully saturated rings. The van der Waals surface area contributed by atoms with Crippen LogP contribution in [0, 0.1) is 0 Å². The van der Waals surface area contributed by atoms with Crippen molar-refractivity contribution in [2.75, 3.05) is 58.4 Å². The zero-order valence-corrected chi connectivity index (χ0v) is 50.2. The normalized spacial score (nSPS) is 18.7. The van der Waals surface area contributed by atoms with Crippen LogP contribution in [0.4, 0.5) is 11.9 Å². The Hall–Kier alpha value is -1.58. The van der Waals surface area contributed by atoms with Crippen LogP contribution in [-0.2, 0) is 48.6 Å². The number of hydrogen-bond acceptors (Lipinski definition) is 18. The molecule has 17 nitrogen and oxygen atoms in total. The predicted octanol–water partition coefficient (Wildman–Crippen LogP) is 12.7. The number of carbonyl (C=O) groups excluding carboxylic acids is 2. The molecule has 0 saturated heterocycles. The molecule has 0 radical (unpaired) electrons. The lowest BCUT2D eigenvalue weighted by atomic mass is 9.87. The van der Waals surface area contributed by atoms with Crippen molar-refractivity contribution in [3.63, 3.8) is 0 Å². The van der Waals surface area contributed by atoms with Crippen molar-refractivity contribution >= 4 is 176 Å². The lowest BCUT2D eigenvalue weighted by molar-refractivity contribution is -0.118. The van der Waals surface area contributed by atoms with Crippen molar-refractivity contribution in [3.8, 4) is 5.75 Å². The fraction of sp³-hybridized carbons (Fsp3) is 0.476. The maximum atomic E-state index is 12.4. The second-order valence-corrected chi connectivity index (χ2v) is 27.1. The van der Waals surface area contributed by atoms with E-state index in [1.807, 2.05) is 51.1 Å². The maximum absolute atomic E-state index is 12.4. The lowest BCUT2D eigenvalue weighted by Crippen LogP contribution is -2.52. The molecule has 2 heterocycles. The number of hydrogen-bond donors (Lipinski definition) is 4. The van der Waals surface area contributed by atoms with Crippen molar-refractivity contribution in [1.82, 2.24) is 20.3 Å². The van der Waals surface area contributed by atoms with Gasteiger partial charge in [-0.3, -0.25) is 18.6 Å². The average Bonchev–Trinajstić information content (AvgIpc) is 3.35. The zero-order chi connectivity index (χ0) is 54.9. The molecule has 4 aromatic rings. The van der Waals surface area contributed by atoms with E-state index in [4.69, 9.17) is 130 Å².